The van der Waals surface area contributed by atoms with Crippen molar-refractivity contribution in [2.45, 2.75) is 57.4 Å². The smallest absolute Gasteiger partial charge is 0.238 e. The molecular weight excluding hydrogens is 284 g/mol. The van der Waals surface area contributed by atoms with Crippen LogP contribution in [0.25, 0.3) is 0 Å². The fourth-order valence-corrected chi connectivity index (χ4v) is 3.66. The van der Waals surface area contributed by atoms with Gasteiger partial charge in [-0.2, -0.15) is 0 Å². The van der Waals surface area contributed by atoms with Gasteiger partial charge in [0, 0.05) is 11.7 Å². The molecule has 1 aromatic rings. The van der Waals surface area contributed by atoms with Crippen molar-refractivity contribution in [3.8, 4) is 0 Å². The minimum absolute atomic E-state index is 0.173. The summed E-state index contributed by atoms with van der Waals surface area (Å²) in [5, 5.41) is 8.74. The van der Waals surface area contributed by atoms with Gasteiger partial charge in [0.15, 0.2) is 0 Å². The zero-order valence-corrected chi connectivity index (χ0v) is 13.9. The number of rotatable bonds is 4. The fraction of sp³-hybridized carbons (Fsp3) is 0.625. The highest BCUT2D eigenvalue weighted by atomic mass is 32.2. The summed E-state index contributed by atoms with van der Waals surface area (Å²) in [5.41, 5.74) is 1.94. The Morgan fingerprint density at radius 1 is 1.29 bits per heavy atom. The van der Waals surface area contributed by atoms with Crippen molar-refractivity contribution in [1.29, 1.82) is 0 Å². The number of benzene rings is 1. The number of hydrogen-bond donors (Lipinski definition) is 2. The van der Waals surface area contributed by atoms with Crippen LogP contribution in [0, 0.1) is 18.8 Å². The SMILES string of the molecule is Cc1ccc(S(N)(=O)=O)cc1NC1CCCC(C(C)C)C1. The van der Waals surface area contributed by atoms with E-state index in [-0.39, 0.29) is 4.90 Å². The van der Waals surface area contributed by atoms with Crippen molar-refractivity contribution in [3.05, 3.63) is 23.8 Å². The largest absolute Gasteiger partial charge is 0.382 e. The molecular formula is C16H26N2O2S. The van der Waals surface area contributed by atoms with E-state index in [0.29, 0.717) is 12.0 Å². The van der Waals surface area contributed by atoms with Gasteiger partial charge in [0.2, 0.25) is 10.0 Å². The molecule has 1 aliphatic carbocycles. The van der Waals surface area contributed by atoms with Crippen LogP contribution in [-0.4, -0.2) is 14.5 Å². The van der Waals surface area contributed by atoms with Crippen molar-refractivity contribution in [2.75, 3.05) is 5.32 Å². The maximum Gasteiger partial charge on any atom is 0.238 e. The normalized spacial score (nSPS) is 23.3. The second-order valence-electron chi connectivity index (χ2n) is 6.53. The lowest BCUT2D eigenvalue weighted by molar-refractivity contribution is 0.264. The van der Waals surface area contributed by atoms with Gasteiger partial charge in [0.1, 0.15) is 0 Å². The molecule has 0 amide bonds. The maximum atomic E-state index is 11.5. The lowest BCUT2D eigenvalue weighted by atomic mass is 9.79. The van der Waals surface area contributed by atoms with Gasteiger partial charge < -0.3 is 5.32 Å². The van der Waals surface area contributed by atoms with Crippen LogP contribution in [0.3, 0.4) is 0 Å². The van der Waals surface area contributed by atoms with Crippen LogP contribution < -0.4 is 10.5 Å². The van der Waals surface area contributed by atoms with Crippen LogP contribution in [0.1, 0.15) is 45.1 Å². The van der Waals surface area contributed by atoms with Gasteiger partial charge >= 0.3 is 0 Å². The van der Waals surface area contributed by atoms with Gasteiger partial charge in [-0.05, 0) is 49.3 Å². The Kier molecular flexibility index (Phi) is 4.94. The summed E-state index contributed by atoms with van der Waals surface area (Å²) >= 11 is 0. The van der Waals surface area contributed by atoms with Crippen molar-refractivity contribution in [3.63, 3.8) is 0 Å². The summed E-state index contributed by atoms with van der Waals surface area (Å²) in [6.45, 7) is 6.54. The lowest BCUT2D eigenvalue weighted by Crippen LogP contribution is -2.29. The van der Waals surface area contributed by atoms with Crippen LogP contribution in [-0.2, 0) is 10.0 Å². The minimum atomic E-state index is -3.65. The van der Waals surface area contributed by atoms with Gasteiger partial charge in [-0.15, -0.1) is 0 Å². The van der Waals surface area contributed by atoms with Crippen LogP contribution in [0.4, 0.5) is 5.69 Å². The zero-order valence-electron chi connectivity index (χ0n) is 13.1. The van der Waals surface area contributed by atoms with E-state index in [4.69, 9.17) is 5.14 Å². The lowest BCUT2D eigenvalue weighted by Gasteiger charge is -2.33. The Morgan fingerprint density at radius 3 is 2.62 bits per heavy atom. The molecule has 0 bridgehead atoms. The molecule has 1 aliphatic rings. The molecule has 1 aromatic carbocycles. The van der Waals surface area contributed by atoms with Gasteiger partial charge in [0.05, 0.1) is 4.90 Å². The van der Waals surface area contributed by atoms with Gasteiger partial charge in [-0.25, -0.2) is 13.6 Å². The third-order valence-corrected chi connectivity index (χ3v) is 5.47. The van der Waals surface area contributed by atoms with E-state index in [1.165, 1.54) is 12.8 Å². The average molecular weight is 310 g/mol. The highest BCUT2D eigenvalue weighted by molar-refractivity contribution is 7.89. The first-order chi connectivity index (χ1) is 9.77. The van der Waals surface area contributed by atoms with Crippen LogP contribution in [0.2, 0.25) is 0 Å². The van der Waals surface area contributed by atoms with E-state index < -0.39 is 10.0 Å². The quantitative estimate of drug-likeness (QED) is 0.896. The summed E-state index contributed by atoms with van der Waals surface area (Å²) in [6, 6.07) is 5.45. The minimum Gasteiger partial charge on any atom is -0.382 e. The predicted molar refractivity (Wildman–Crippen MR) is 86.8 cm³/mol. The Balaban J connectivity index is 2.15. The molecule has 1 saturated carbocycles. The molecule has 2 unspecified atom stereocenters. The summed E-state index contributed by atoms with van der Waals surface area (Å²) in [6.07, 6.45) is 4.82. The average Bonchev–Trinajstić information content (AvgIpc) is 2.40. The Morgan fingerprint density at radius 2 is 2.00 bits per heavy atom. The van der Waals surface area contributed by atoms with E-state index in [1.54, 1.807) is 12.1 Å². The van der Waals surface area contributed by atoms with Crippen molar-refractivity contribution in [1.82, 2.24) is 0 Å². The number of nitrogens with one attached hydrogen (secondary N) is 1. The number of anilines is 1. The third-order valence-electron chi connectivity index (χ3n) is 4.55. The van der Waals surface area contributed by atoms with E-state index >= 15 is 0 Å². The molecule has 4 nitrogen and oxygen atoms in total. The molecule has 0 saturated heterocycles. The molecule has 3 N–H and O–H groups in total. The van der Waals surface area contributed by atoms with Gasteiger partial charge in [-0.3, -0.25) is 0 Å². The molecule has 118 valence electrons. The third kappa shape index (κ3) is 4.20. The number of nitrogens with two attached hydrogens (primary N) is 1. The van der Waals surface area contributed by atoms with E-state index in [9.17, 15) is 8.42 Å². The molecule has 0 heterocycles. The maximum absolute atomic E-state index is 11.5. The highest BCUT2D eigenvalue weighted by Crippen LogP contribution is 2.32. The molecule has 2 atom stereocenters. The molecule has 2 rings (SSSR count). The topological polar surface area (TPSA) is 72.2 Å². The first kappa shape index (κ1) is 16.3. The van der Waals surface area contributed by atoms with E-state index in [2.05, 4.69) is 19.2 Å². The monoisotopic (exact) mass is 310 g/mol. The number of primary sulfonamides is 1. The molecule has 0 radical (unpaired) electrons. The highest BCUT2D eigenvalue weighted by Gasteiger charge is 2.24. The Bertz CT molecular complexity index is 596. The molecule has 0 aromatic heterocycles. The van der Waals surface area contributed by atoms with Gasteiger partial charge in [-0.1, -0.05) is 32.8 Å². The molecule has 21 heavy (non-hydrogen) atoms. The second-order valence-corrected chi connectivity index (χ2v) is 8.10. The van der Waals surface area contributed by atoms with Crippen LogP contribution in [0.5, 0.6) is 0 Å². The van der Waals surface area contributed by atoms with E-state index in [0.717, 1.165) is 30.0 Å². The summed E-state index contributed by atoms with van der Waals surface area (Å²) in [5.74, 6) is 1.45. The number of sulfonamides is 1. The van der Waals surface area contributed by atoms with Crippen molar-refractivity contribution >= 4 is 15.7 Å². The molecule has 0 aliphatic heterocycles. The number of aryl methyl sites for hydroxylation is 1. The van der Waals surface area contributed by atoms with Crippen molar-refractivity contribution < 1.29 is 8.42 Å². The van der Waals surface area contributed by atoms with E-state index in [1.807, 2.05) is 13.0 Å². The molecule has 0 spiro atoms. The first-order valence-electron chi connectivity index (χ1n) is 7.67. The summed E-state index contributed by atoms with van der Waals surface area (Å²) in [7, 11) is -3.65. The zero-order chi connectivity index (χ0) is 15.6. The predicted octanol–water partition coefficient (Wildman–Crippen LogP) is 3.27. The van der Waals surface area contributed by atoms with Crippen LogP contribution >= 0.6 is 0 Å². The molecule has 1 fully saturated rings. The first-order valence-corrected chi connectivity index (χ1v) is 9.22. The summed E-state index contributed by atoms with van der Waals surface area (Å²) in [4.78, 5) is 0.173. The summed E-state index contributed by atoms with van der Waals surface area (Å²) < 4.78 is 23.0. The van der Waals surface area contributed by atoms with Crippen molar-refractivity contribution in [2.24, 2.45) is 17.0 Å². The molecule has 5 heteroatoms. The fourth-order valence-electron chi connectivity index (χ4n) is 3.12. The Labute approximate surface area is 128 Å². The number of hydrogen-bond acceptors (Lipinski definition) is 3. The Hall–Kier alpha value is -1.07. The second kappa shape index (κ2) is 6.36. The van der Waals surface area contributed by atoms with Crippen LogP contribution in [0.15, 0.2) is 23.1 Å². The standard InChI is InChI=1S/C16H26N2O2S/c1-11(2)13-5-4-6-14(9-13)18-16-10-15(21(17,19)20)8-7-12(16)3/h7-8,10-11,13-14,18H,4-6,9H2,1-3H3,(H2,17,19,20). The van der Waals surface area contributed by atoms with Gasteiger partial charge in [0.25, 0.3) is 0 Å².